The lowest BCUT2D eigenvalue weighted by Crippen LogP contribution is -2.13. The van der Waals surface area contributed by atoms with Crippen LogP contribution in [0, 0.1) is 0 Å². The molecule has 0 atom stereocenters. The number of hydrogen-bond donors (Lipinski definition) is 0. The third kappa shape index (κ3) is 5.57. The number of rotatable bonds is 4. The van der Waals surface area contributed by atoms with Crippen LogP contribution in [0.4, 0.5) is 0 Å². The summed E-state index contributed by atoms with van der Waals surface area (Å²) in [5.74, 6) is 0. The largest absolute Gasteiger partial charge is 0.309 e. The van der Waals surface area contributed by atoms with Crippen molar-refractivity contribution in [3.8, 4) is 0 Å². The minimum absolute atomic E-state index is 1.12. The van der Waals surface area contributed by atoms with Crippen LogP contribution < -0.4 is 0 Å². The highest BCUT2D eigenvalue weighted by Crippen LogP contribution is 2.01. The van der Waals surface area contributed by atoms with Gasteiger partial charge < -0.3 is 4.90 Å². The molecular formula is C8H17N. The third-order valence-corrected chi connectivity index (χ3v) is 1.41. The zero-order chi connectivity index (χ0) is 7.28. The molecule has 54 valence electrons. The maximum Gasteiger partial charge on any atom is 0.00124 e. The highest BCUT2D eigenvalue weighted by atomic mass is 15.0. The Balaban J connectivity index is 3.17. The van der Waals surface area contributed by atoms with E-state index in [0.717, 1.165) is 19.4 Å². The second kappa shape index (κ2) is 4.57. The van der Waals surface area contributed by atoms with E-state index in [9.17, 15) is 0 Å². The van der Waals surface area contributed by atoms with E-state index < -0.39 is 0 Å². The second-order valence-electron chi connectivity index (χ2n) is 2.66. The van der Waals surface area contributed by atoms with Crippen molar-refractivity contribution < 1.29 is 0 Å². The maximum atomic E-state index is 3.92. The van der Waals surface area contributed by atoms with E-state index in [0.29, 0.717) is 0 Å². The summed E-state index contributed by atoms with van der Waals surface area (Å²) in [7, 11) is 4.17. The van der Waals surface area contributed by atoms with Gasteiger partial charge in [-0.1, -0.05) is 19.1 Å². The fourth-order valence-corrected chi connectivity index (χ4v) is 0.558. The predicted octanol–water partition coefficient (Wildman–Crippen LogP) is 1.90. The van der Waals surface area contributed by atoms with Crippen LogP contribution in [0.15, 0.2) is 12.2 Å². The van der Waals surface area contributed by atoms with Crippen molar-refractivity contribution in [1.82, 2.24) is 4.90 Å². The van der Waals surface area contributed by atoms with Crippen LogP contribution in [0.2, 0.25) is 0 Å². The average Bonchev–Trinajstić information content (AvgIpc) is 1.83. The SMILES string of the molecule is C=C(CC)CCN(C)C. The third-order valence-electron chi connectivity index (χ3n) is 1.41. The normalized spacial score (nSPS) is 10.2. The van der Waals surface area contributed by atoms with Gasteiger partial charge in [0.2, 0.25) is 0 Å². The van der Waals surface area contributed by atoms with Gasteiger partial charge in [0.05, 0.1) is 0 Å². The van der Waals surface area contributed by atoms with Crippen molar-refractivity contribution >= 4 is 0 Å². The molecule has 1 nitrogen and oxygen atoms in total. The Morgan fingerprint density at radius 2 is 2.00 bits per heavy atom. The topological polar surface area (TPSA) is 3.24 Å². The number of nitrogens with zero attached hydrogens (tertiary/aromatic N) is 1. The molecule has 0 aliphatic rings. The van der Waals surface area contributed by atoms with Crippen LogP contribution in [-0.2, 0) is 0 Å². The van der Waals surface area contributed by atoms with Crippen LogP contribution in [0.5, 0.6) is 0 Å². The minimum atomic E-state index is 1.12. The van der Waals surface area contributed by atoms with Crippen LogP contribution in [0.3, 0.4) is 0 Å². The molecule has 0 saturated heterocycles. The quantitative estimate of drug-likeness (QED) is 0.521. The predicted molar refractivity (Wildman–Crippen MR) is 42.6 cm³/mol. The van der Waals surface area contributed by atoms with Crippen LogP contribution in [0.1, 0.15) is 19.8 Å². The molecule has 0 fully saturated rings. The first kappa shape index (κ1) is 8.70. The van der Waals surface area contributed by atoms with E-state index in [1.807, 2.05) is 0 Å². The minimum Gasteiger partial charge on any atom is -0.309 e. The van der Waals surface area contributed by atoms with Crippen molar-refractivity contribution in [1.29, 1.82) is 0 Å². The van der Waals surface area contributed by atoms with E-state index >= 15 is 0 Å². The van der Waals surface area contributed by atoms with Gasteiger partial charge in [0.25, 0.3) is 0 Å². The summed E-state index contributed by atoms with van der Waals surface area (Å²) in [5, 5.41) is 0. The van der Waals surface area contributed by atoms with Gasteiger partial charge in [0.15, 0.2) is 0 Å². The van der Waals surface area contributed by atoms with Gasteiger partial charge in [-0.3, -0.25) is 0 Å². The molecule has 0 unspecified atom stereocenters. The van der Waals surface area contributed by atoms with Crippen LogP contribution in [-0.4, -0.2) is 25.5 Å². The standard InChI is InChI=1S/C8H17N/c1-5-8(2)6-7-9(3)4/h2,5-7H2,1,3-4H3. The first-order valence-corrected chi connectivity index (χ1v) is 3.48. The summed E-state index contributed by atoms with van der Waals surface area (Å²) in [5.41, 5.74) is 1.35. The van der Waals surface area contributed by atoms with E-state index in [-0.39, 0.29) is 0 Å². The molecule has 0 rings (SSSR count). The molecule has 0 aliphatic heterocycles. The van der Waals surface area contributed by atoms with Gasteiger partial charge in [-0.25, -0.2) is 0 Å². The fourth-order valence-electron chi connectivity index (χ4n) is 0.558. The highest BCUT2D eigenvalue weighted by molar-refractivity contribution is 4.92. The Kier molecular flexibility index (Phi) is 4.41. The Morgan fingerprint density at radius 1 is 1.44 bits per heavy atom. The Labute approximate surface area is 58.4 Å². The summed E-state index contributed by atoms with van der Waals surface area (Å²) in [6.45, 7) is 7.20. The highest BCUT2D eigenvalue weighted by Gasteiger charge is 1.91. The van der Waals surface area contributed by atoms with E-state index in [4.69, 9.17) is 0 Å². The molecule has 0 radical (unpaired) electrons. The summed E-state index contributed by atoms with van der Waals surface area (Å²) in [6, 6.07) is 0. The maximum absolute atomic E-state index is 3.92. The van der Waals surface area contributed by atoms with Gasteiger partial charge >= 0.3 is 0 Å². The van der Waals surface area contributed by atoms with Gasteiger partial charge in [0, 0.05) is 6.54 Å². The van der Waals surface area contributed by atoms with E-state index in [1.165, 1.54) is 5.57 Å². The molecule has 1 heteroatoms. The van der Waals surface area contributed by atoms with Crippen molar-refractivity contribution in [2.75, 3.05) is 20.6 Å². The molecule has 0 spiro atoms. The van der Waals surface area contributed by atoms with E-state index in [2.05, 4.69) is 32.5 Å². The van der Waals surface area contributed by atoms with Crippen LogP contribution >= 0.6 is 0 Å². The van der Waals surface area contributed by atoms with Crippen molar-refractivity contribution in [3.63, 3.8) is 0 Å². The smallest absolute Gasteiger partial charge is 0.00124 e. The monoisotopic (exact) mass is 127 g/mol. The molecule has 0 aromatic rings. The molecular weight excluding hydrogens is 110 g/mol. The molecule has 0 aromatic carbocycles. The van der Waals surface area contributed by atoms with Crippen molar-refractivity contribution in [3.05, 3.63) is 12.2 Å². The van der Waals surface area contributed by atoms with Gasteiger partial charge in [-0.15, -0.1) is 0 Å². The van der Waals surface area contributed by atoms with Gasteiger partial charge in [-0.2, -0.15) is 0 Å². The van der Waals surface area contributed by atoms with E-state index in [1.54, 1.807) is 0 Å². The van der Waals surface area contributed by atoms with Gasteiger partial charge in [0.1, 0.15) is 0 Å². The zero-order valence-electron chi connectivity index (χ0n) is 6.78. The summed E-state index contributed by atoms with van der Waals surface area (Å²) in [4.78, 5) is 2.18. The first-order chi connectivity index (χ1) is 4.16. The molecule has 0 amide bonds. The zero-order valence-corrected chi connectivity index (χ0v) is 6.78. The van der Waals surface area contributed by atoms with Crippen molar-refractivity contribution in [2.45, 2.75) is 19.8 Å². The molecule has 0 saturated carbocycles. The Bertz CT molecular complexity index is 84.6. The molecule has 0 heterocycles. The summed E-state index contributed by atoms with van der Waals surface area (Å²) >= 11 is 0. The molecule has 0 aliphatic carbocycles. The second-order valence-corrected chi connectivity index (χ2v) is 2.66. The Hall–Kier alpha value is -0.300. The first-order valence-electron chi connectivity index (χ1n) is 3.48. The van der Waals surface area contributed by atoms with Crippen molar-refractivity contribution in [2.24, 2.45) is 0 Å². The average molecular weight is 127 g/mol. The molecule has 0 aromatic heterocycles. The summed E-state index contributed by atoms with van der Waals surface area (Å²) in [6.07, 6.45) is 2.26. The molecule has 0 N–H and O–H groups in total. The molecule has 9 heavy (non-hydrogen) atoms. The van der Waals surface area contributed by atoms with Crippen LogP contribution in [0.25, 0.3) is 0 Å². The lowest BCUT2D eigenvalue weighted by Gasteiger charge is -2.08. The lowest BCUT2D eigenvalue weighted by molar-refractivity contribution is 0.411. The lowest BCUT2D eigenvalue weighted by atomic mass is 10.2. The molecule has 0 bridgehead atoms. The Morgan fingerprint density at radius 3 is 2.33 bits per heavy atom. The summed E-state index contributed by atoms with van der Waals surface area (Å²) < 4.78 is 0. The van der Waals surface area contributed by atoms with Gasteiger partial charge in [-0.05, 0) is 26.9 Å². The fraction of sp³-hybridized carbons (Fsp3) is 0.750. The number of hydrogen-bond acceptors (Lipinski definition) is 1.